The number of carbonyl (C=O) groups is 3. The third-order valence-corrected chi connectivity index (χ3v) is 4.04. The van der Waals surface area contributed by atoms with Crippen LogP contribution in [0, 0.1) is 0 Å². The molecule has 0 spiro atoms. The second-order valence-corrected chi connectivity index (χ2v) is 7.61. The normalized spacial score (nSPS) is 18.6. The van der Waals surface area contributed by atoms with Gasteiger partial charge in [-0.15, -0.1) is 0 Å². The molecule has 0 saturated heterocycles. The van der Waals surface area contributed by atoms with Crippen molar-refractivity contribution in [2.24, 2.45) is 0 Å². The molecule has 3 N–H and O–H groups in total. The van der Waals surface area contributed by atoms with E-state index >= 15 is 0 Å². The molecule has 7 nitrogen and oxygen atoms in total. The first kappa shape index (κ1) is 20.5. The lowest BCUT2D eigenvalue weighted by molar-refractivity contribution is -0.121. The quantitative estimate of drug-likeness (QED) is 0.668. The molecule has 146 valence electrons. The van der Waals surface area contributed by atoms with Crippen LogP contribution in [0.25, 0.3) is 0 Å². The van der Waals surface area contributed by atoms with Gasteiger partial charge >= 0.3 is 6.09 Å². The van der Waals surface area contributed by atoms with Crippen LogP contribution in [0.15, 0.2) is 36.9 Å². The highest BCUT2D eigenvalue weighted by molar-refractivity contribution is 5.99. The van der Waals surface area contributed by atoms with E-state index in [0.717, 1.165) is 5.56 Å². The minimum absolute atomic E-state index is 0.00400. The molecule has 1 aromatic carbocycles. The first-order valence-corrected chi connectivity index (χ1v) is 8.96. The van der Waals surface area contributed by atoms with Crippen LogP contribution in [-0.2, 0) is 20.7 Å². The molecule has 1 saturated carbocycles. The van der Waals surface area contributed by atoms with Gasteiger partial charge in [0.1, 0.15) is 5.60 Å². The molecule has 7 heteroatoms. The SMILES string of the molecule is C=CC(=O)Nc1ccccc1CC(=O)NC1CC(NC(=O)OC(C)(C)C)C1. The number of carbonyl (C=O) groups excluding carboxylic acids is 3. The zero-order chi connectivity index (χ0) is 20.0. The van der Waals surface area contributed by atoms with Gasteiger partial charge < -0.3 is 20.7 Å². The molecule has 1 fully saturated rings. The third-order valence-electron chi connectivity index (χ3n) is 4.04. The number of hydrogen-bond donors (Lipinski definition) is 3. The van der Waals surface area contributed by atoms with E-state index in [9.17, 15) is 14.4 Å². The molecule has 3 amide bonds. The van der Waals surface area contributed by atoms with Crippen molar-refractivity contribution in [3.8, 4) is 0 Å². The van der Waals surface area contributed by atoms with Gasteiger partial charge in [-0.05, 0) is 51.3 Å². The minimum atomic E-state index is -0.532. The maximum absolute atomic E-state index is 12.3. The Hall–Kier alpha value is -2.83. The van der Waals surface area contributed by atoms with Crippen LogP contribution < -0.4 is 16.0 Å². The summed E-state index contributed by atoms with van der Waals surface area (Å²) in [5.74, 6) is -0.450. The van der Waals surface area contributed by atoms with Crippen molar-refractivity contribution < 1.29 is 19.1 Å². The first-order chi connectivity index (χ1) is 12.7. The van der Waals surface area contributed by atoms with E-state index in [4.69, 9.17) is 4.74 Å². The molecule has 0 bridgehead atoms. The molecule has 0 heterocycles. The summed E-state index contributed by atoms with van der Waals surface area (Å²) < 4.78 is 5.21. The van der Waals surface area contributed by atoms with Gasteiger partial charge in [0, 0.05) is 17.8 Å². The summed E-state index contributed by atoms with van der Waals surface area (Å²) >= 11 is 0. The van der Waals surface area contributed by atoms with Crippen molar-refractivity contribution >= 4 is 23.6 Å². The average Bonchev–Trinajstić information content (AvgIpc) is 2.52. The number of ether oxygens (including phenoxy) is 1. The van der Waals surface area contributed by atoms with E-state index in [1.165, 1.54) is 6.08 Å². The molecule has 2 rings (SSSR count). The van der Waals surface area contributed by atoms with Crippen molar-refractivity contribution in [3.05, 3.63) is 42.5 Å². The van der Waals surface area contributed by atoms with Gasteiger partial charge in [-0.3, -0.25) is 9.59 Å². The number of alkyl carbamates (subject to hydrolysis) is 1. The molecule has 0 atom stereocenters. The van der Waals surface area contributed by atoms with Gasteiger partial charge in [0.25, 0.3) is 0 Å². The number of benzene rings is 1. The maximum Gasteiger partial charge on any atom is 0.407 e. The largest absolute Gasteiger partial charge is 0.444 e. The second-order valence-electron chi connectivity index (χ2n) is 7.61. The Kier molecular flexibility index (Phi) is 6.60. The van der Waals surface area contributed by atoms with E-state index in [1.54, 1.807) is 18.2 Å². The van der Waals surface area contributed by atoms with Crippen molar-refractivity contribution in [1.29, 1.82) is 0 Å². The Morgan fingerprint density at radius 1 is 1.15 bits per heavy atom. The summed E-state index contributed by atoms with van der Waals surface area (Å²) in [6.45, 7) is 8.86. The molecule has 0 aromatic heterocycles. The van der Waals surface area contributed by atoms with Gasteiger partial charge in [-0.25, -0.2) is 4.79 Å². The van der Waals surface area contributed by atoms with E-state index < -0.39 is 11.7 Å². The van der Waals surface area contributed by atoms with Crippen LogP contribution in [0.1, 0.15) is 39.2 Å². The molecule has 1 aromatic rings. The number of anilines is 1. The molecular weight excluding hydrogens is 346 g/mol. The molecule has 0 radical (unpaired) electrons. The smallest absolute Gasteiger partial charge is 0.407 e. The van der Waals surface area contributed by atoms with Gasteiger partial charge in [0.05, 0.1) is 6.42 Å². The third kappa shape index (κ3) is 6.77. The van der Waals surface area contributed by atoms with Gasteiger partial charge in [-0.1, -0.05) is 24.8 Å². The average molecular weight is 373 g/mol. The molecule has 0 unspecified atom stereocenters. The Morgan fingerprint density at radius 3 is 2.41 bits per heavy atom. The zero-order valence-corrected chi connectivity index (χ0v) is 16.0. The predicted octanol–water partition coefficient (Wildman–Crippen LogP) is 2.53. The van der Waals surface area contributed by atoms with Crippen molar-refractivity contribution in [2.75, 3.05) is 5.32 Å². The van der Waals surface area contributed by atoms with Crippen molar-refractivity contribution in [3.63, 3.8) is 0 Å². The van der Waals surface area contributed by atoms with E-state index in [1.807, 2.05) is 26.8 Å². The van der Waals surface area contributed by atoms with Gasteiger partial charge in [0.15, 0.2) is 0 Å². The Morgan fingerprint density at radius 2 is 1.78 bits per heavy atom. The fourth-order valence-corrected chi connectivity index (χ4v) is 2.76. The molecule has 1 aliphatic carbocycles. The highest BCUT2D eigenvalue weighted by atomic mass is 16.6. The fraction of sp³-hybridized carbons (Fsp3) is 0.450. The topological polar surface area (TPSA) is 96.5 Å². The Labute approximate surface area is 159 Å². The van der Waals surface area contributed by atoms with E-state index in [2.05, 4.69) is 22.5 Å². The van der Waals surface area contributed by atoms with Gasteiger partial charge in [0.2, 0.25) is 11.8 Å². The Balaban J connectivity index is 1.77. The fourth-order valence-electron chi connectivity index (χ4n) is 2.76. The lowest BCUT2D eigenvalue weighted by atomic mass is 9.86. The lowest BCUT2D eigenvalue weighted by Crippen LogP contribution is -2.54. The summed E-state index contributed by atoms with van der Waals surface area (Å²) in [5, 5.41) is 8.44. The zero-order valence-electron chi connectivity index (χ0n) is 16.0. The summed E-state index contributed by atoms with van der Waals surface area (Å²) in [6, 6.07) is 7.17. The van der Waals surface area contributed by atoms with Crippen LogP contribution in [0.2, 0.25) is 0 Å². The Bertz CT molecular complexity index is 718. The number of nitrogens with one attached hydrogen (secondary N) is 3. The van der Waals surface area contributed by atoms with Crippen LogP contribution >= 0.6 is 0 Å². The van der Waals surface area contributed by atoms with Crippen molar-refractivity contribution in [1.82, 2.24) is 10.6 Å². The van der Waals surface area contributed by atoms with E-state index in [0.29, 0.717) is 18.5 Å². The maximum atomic E-state index is 12.3. The summed E-state index contributed by atoms with van der Waals surface area (Å²) in [7, 11) is 0. The number of rotatable bonds is 6. The standard InChI is InChI=1S/C20H27N3O4/c1-5-17(24)23-16-9-7-6-8-13(16)10-18(25)21-14-11-15(12-14)22-19(26)27-20(2,3)4/h5-9,14-15H,1,10-12H2,2-4H3,(H,21,25)(H,22,26)(H,23,24). The lowest BCUT2D eigenvalue weighted by Gasteiger charge is -2.36. The highest BCUT2D eigenvalue weighted by Crippen LogP contribution is 2.21. The molecule has 1 aliphatic rings. The second kappa shape index (κ2) is 8.70. The monoisotopic (exact) mass is 373 g/mol. The number of para-hydroxylation sites is 1. The first-order valence-electron chi connectivity index (χ1n) is 8.96. The number of amides is 3. The van der Waals surface area contributed by atoms with E-state index in [-0.39, 0.29) is 30.3 Å². The predicted molar refractivity (Wildman–Crippen MR) is 103 cm³/mol. The van der Waals surface area contributed by atoms with Crippen LogP contribution in [0.3, 0.4) is 0 Å². The van der Waals surface area contributed by atoms with Gasteiger partial charge in [-0.2, -0.15) is 0 Å². The molecule has 27 heavy (non-hydrogen) atoms. The highest BCUT2D eigenvalue weighted by Gasteiger charge is 2.32. The van der Waals surface area contributed by atoms with Crippen LogP contribution in [0.5, 0.6) is 0 Å². The summed E-state index contributed by atoms with van der Waals surface area (Å²) in [5.41, 5.74) is 0.791. The minimum Gasteiger partial charge on any atom is -0.444 e. The van der Waals surface area contributed by atoms with Crippen molar-refractivity contribution in [2.45, 2.75) is 57.7 Å². The van der Waals surface area contributed by atoms with Crippen LogP contribution in [0.4, 0.5) is 10.5 Å². The summed E-state index contributed by atoms with van der Waals surface area (Å²) in [4.78, 5) is 35.5. The van der Waals surface area contributed by atoms with Crippen LogP contribution in [-0.4, -0.2) is 35.6 Å². The number of hydrogen-bond acceptors (Lipinski definition) is 4. The molecule has 0 aliphatic heterocycles. The molecular formula is C20H27N3O4. The summed E-state index contributed by atoms with van der Waals surface area (Å²) in [6.07, 6.45) is 2.24.